The summed E-state index contributed by atoms with van der Waals surface area (Å²) < 4.78 is 5.73. The van der Waals surface area contributed by atoms with Crippen LogP contribution in [-0.2, 0) is 17.6 Å². The maximum atomic E-state index is 5.73. The van der Waals surface area contributed by atoms with E-state index < -0.39 is 0 Å². The number of morpholine rings is 1. The fourth-order valence-electron chi connectivity index (χ4n) is 2.76. The Morgan fingerprint density at radius 3 is 3.22 bits per heavy atom. The van der Waals surface area contributed by atoms with E-state index in [4.69, 9.17) is 9.72 Å². The third-order valence-electron chi connectivity index (χ3n) is 3.79. The van der Waals surface area contributed by atoms with E-state index in [9.17, 15) is 0 Å². The van der Waals surface area contributed by atoms with E-state index in [2.05, 4.69) is 29.4 Å². The van der Waals surface area contributed by atoms with Crippen LogP contribution >= 0.6 is 0 Å². The Bertz CT molecular complexity index is 416. The molecule has 1 N–H and O–H groups in total. The molecular weight excluding hydrogens is 226 g/mol. The first kappa shape index (κ1) is 11.9. The zero-order valence-electron chi connectivity index (χ0n) is 11.0. The average molecular weight is 247 g/mol. The summed E-state index contributed by atoms with van der Waals surface area (Å²) in [6, 6.07) is 4.38. The minimum atomic E-state index is 0.277. The Morgan fingerprint density at radius 1 is 1.44 bits per heavy atom. The summed E-state index contributed by atoms with van der Waals surface area (Å²) in [7, 11) is 2.10. The topological polar surface area (TPSA) is 37.4 Å². The van der Waals surface area contributed by atoms with Crippen LogP contribution in [-0.4, -0.2) is 44.4 Å². The van der Waals surface area contributed by atoms with Gasteiger partial charge in [-0.2, -0.15) is 0 Å². The van der Waals surface area contributed by atoms with E-state index in [-0.39, 0.29) is 6.10 Å². The van der Waals surface area contributed by atoms with Crippen LogP contribution in [0.3, 0.4) is 0 Å². The normalized spacial score (nSPS) is 22.8. The first-order valence-electron chi connectivity index (χ1n) is 6.85. The van der Waals surface area contributed by atoms with Crippen molar-refractivity contribution in [1.82, 2.24) is 10.3 Å². The number of rotatable bonds is 3. The molecule has 0 aromatic carbocycles. The standard InChI is InChI=1S/C14H21N3O/c1-17(10-12-9-15-7-8-18-12)14-6-5-11-3-2-4-13(11)16-14/h5-6,12,15H,2-4,7-10H2,1H3. The van der Waals surface area contributed by atoms with Crippen molar-refractivity contribution in [3.63, 3.8) is 0 Å². The van der Waals surface area contributed by atoms with Crippen LogP contribution in [0.15, 0.2) is 12.1 Å². The second-order valence-electron chi connectivity index (χ2n) is 5.21. The highest BCUT2D eigenvalue weighted by atomic mass is 16.5. The van der Waals surface area contributed by atoms with Crippen LogP contribution in [0.4, 0.5) is 5.82 Å². The number of hydrogen-bond acceptors (Lipinski definition) is 4. The van der Waals surface area contributed by atoms with Crippen LogP contribution in [0.5, 0.6) is 0 Å². The van der Waals surface area contributed by atoms with Crippen molar-refractivity contribution in [2.24, 2.45) is 0 Å². The Kier molecular flexibility index (Phi) is 3.48. The summed E-state index contributed by atoms with van der Waals surface area (Å²) in [5.74, 6) is 1.07. The molecule has 0 amide bonds. The molecule has 1 unspecified atom stereocenters. The molecule has 1 aliphatic heterocycles. The van der Waals surface area contributed by atoms with Crippen LogP contribution in [0.25, 0.3) is 0 Å². The number of likely N-dealkylation sites (N-methyl/N-ethyl adjacent to an activating group) is 1. The molecule has 1 aromatic heterocycles. The van der Waals surface area contributed by atoms with Crippen molar-refractivity contribution < 1.29 is 4.74 Å². The minimum Gasteiger partial charge on any atom is -0.374 e. The molecule has 1 aliphatic carbocycles. The first-order chi connectivity index (χ1) is 8.83. The Morgan fingerprint density at radius 2 is 2.39 bits per heavy atom. The summed E-state index contributed by atoms with van der Waals surface area (Å²) in [4.78, 5) is 6.97. The van der Waals surface area contributed by atoms with Gasteiger partial charge in [0.2, 0.25) is 0 Å². The molecule has 18 heavy (non-hydrogen) atoms. The smallest absolute Gasteiger partial charge is 0.128 e. The predicted molar refractivity (Wildman–Crippen MR) is 72.1 cm³/mol. The van der Waals surface area contributed by atoms with Crippen LogP contribution in [0, 0.1) is 0 Å². The van der Waals surface area contributed by atoms with Gasteiger partial charge in [0.25, 0.3) is 0 Å². The van der Waals surface area contributed by atoms with Crippen molar-refractivity contribution in [1.29, 1.82) is 0 Å². The minimum absolute atomic E-state index is 0.277. The number of pyridine rings is 1. The van der Waals surface area contributed by atoms with Crippen molar-refractivity contribution in [3.8, 4) is 0 Å². The fourth-order valence-corrected chi connectivity index (χ4v) is 2.76. The molecule has 1 fully saturated rings. The highest BCUT2D eigenvalue weighted by Gasteiger charge is 2.18. The number of hydrogen-bond donors (Lipinski definition) is 1. The van der Waals surface area contributed by atoms with Gasteiger partial charge in [0, 0.05) is 32.4 Å². The first-order valence-corrected chi connectivity index (χ1v) is 6.85. The zero-order valence-corrected chi connectivity index (χ0v) is 11.0. The van der Waals surface area contributed by atoms with E-state index in [0.29, 0.717) is 0 Å². The maximum absolute atomic E-state index is 5.73. The molecule has 4 nitrogen and oxygen atoms in total. The van der Waals surface area contributed by atoms with Gasteiger partial charge in [-0.25, -0.2) is 4.98 Å². The molecular formula is C14H21N3O. The van der Waals surface area contributed by atoms with E-state index in [1.54, 1.807) is 0 Å². The summed E-state index contributed by atoms with van der Waals surface area (Å²) in [5.41, 5.74) is 2.73. The monoisotopic (exact) mass is 247 g/mol. The summed E-state index contributed by atoms with van der Waals surface area (Å²) >= 11 is 0. The maximum Gasteiger partial charge on any atom is 0.128 e. The van der Waals surface area contributed by atoms with Crippen LogP contribution in [0.1, 0.15) is 17.7 Å². The van der Waals surface area contributed by atoms with Gasteiger partial charge in [-0.05, 0) is 30.9 Å². The molecule has 98 valence electrons. The molecule has 1 atom stereocenters. The number of fused-ring (bicyclic) bond motifs is 1. The zero-order chi connectivity index (χ0) is 12.4. The highest BCUT2D eigenvalue weighted by Crippen LogP contribution is 2.23. The Hall–Kier alpha value is -1.13. The van der Waals surface area contributed by atoms with Crippen molar-refractivity contribution in [2.75, 3.05) is 38.2 Å². The molecule has 2 heterocycles. The molecule has 0 spiro atoms. The number of nitrogens with zero attached hydrogens (tertiary/aromatic N) is 2. The van der Waals surface area contributed by atoms with Crippen LogP contribution in [0.2, 0.25) is 0 Å². The molecule has 4 heteroatoms. The quantitative estimate of drug-likeness (QED) is 0.864. The van der Waals surface area contributed by atoms with Gasteiger partial charge in [-0.3, -0.25) is 0 Å². The molecule has 3 rings (SSSR count). The number of aryl methyl sites for hydroxylation is 2. The third kappa shape index (κ3) is 2.49. The molecule has 0 radical (unpaired) electrons. The van der Waals surface area contributed by atoms with Crippen molar-refractivity contribution in [3.05, 3.63) is 23.4 Å². The molecule has 0 saturated carbocycles. The average Bonchev–Trinajstić information content (AvgIpc) is 2.87. The van der Waals surface area contributed by atoms with Gasteiger partial charge in [0.15, 0.2) is 0 Å². The van der Waals surface area contributed by atoms with Gasteiger partial charge in [-0.15, -0.1) is 0 Å². The second kappa shape index (κ2) is 5.24. The number of aromatic nitrogens is 1. The number of nitrogens with one attached hydrogen (secondary N) is 1. The largest absolute Gasteiger partial charge is 0.374 e. The van der Waals surface area contributed by atoms with Crippen molar-refractivity contribution >= 4 is 5.82 Å². The van der Waals surface area contributed by atoms with E-state index in [1.165, 1.54) is 24.1 Å². The number of ether oxygens (including phenoxy) is 1. The lowest BCUT2D eigenvalue weighted by Crippen LogP contribution is -2.44. The van der Waals surface area contributed by atoms with Gasteiger partial charge in [0.05, 0.1) is 12.7 Å². The van der Waals surface area contributed by atoms with Crippen molar-refractivity contribution in [2.45, 2.75) is 25.4 Å². The van der Waals surface area contributed by atoms with Gasteiger partial charge in [0.1, 0.15) is 5.82 Å². The Labute approximate surface area is 108 Å². The van der Waals surface area contributed by atoms with E-state index in [1.807, 2.05) is 0 Å². The summed E-state index contributed by atoms with van der Waals surface area (Å²) in [6.45, 7) is 3.63. The Balaban J connectivity index is 1.66. The van der Waals surface area contributed by atoms with Crippen LogP contribution < -0.4 is 10.2 Å². The predicted octanol–water partition coefficient (Wildman–Crippen LogP) is 0.995. The molecule has 1 saturated heterocycles. The molecule has 2 aliphatic rings. The third-order valence-corrected chi connectivity index (χ3v) is 3.79. The van der Waals surface area contributed by atoms with E-state index >= 15 is 0 Å². The number of anilines is 1. The lowest BCUT2D eigenvalue weighted by Gasteiger charge is -2.28. The second-order valence-corrected chi connectivity index (χ2v) is 5.21. The lowest BCUT2D eigenvalue weighted by molar-refractivity contribution is 0.0339. The molecule has 0 bridgehead atoms. The fraction of sp³-hybridized carbons (Fsp3) is 0.643. The highest BCUT2D eigenvalue weighted by molar-refractivity contribution is 5.42. The summed E-state index contributed by atoms with van der Waals surface area (Å²) in [5, 5.41) is 3.36. The molecule has 1 aromatic rings. The summed E-state index contributed by atoms with van der Waals surface area (Å²) in [6.07, 6.45) is 3.87. The van der Waals surface area contributed by atoms with Gasteiger partial charge < -0.3 is 15.0 Å². The lowest BCUT2D eigenvalue weighted by atomic mass is 10.2. The SMILES string of the molecule is CN(CC1CNCCO1)c1ccc2c(n1)CCC2. The van der Waals surface area contributed by atoms with E-state index in [0.717, 1.165) is 38.5 Å². The van der Waals surface area contributed by atoms with Gasteiger partial charge >= 0.3 is 0 Å². The van der Waals surface area contributed by atoms with Gasteiger partial charge in [-0.1, -0.05) is 6.07 Å².